The van der Waals surface area contributed by atoms with Crippen LogP contribution in [0.2, 0.25) is 0 Å². The molecule has 60 valence electrons. The van der Waals surface area contributed by atoms with Gasteiger partial charge >= 0.3 is 0 Å². The van der Waals surface area contributed by atoms with Gasteiger partial charge in [0.2, 0.25) is 0 Å². The first-order valence-electron chi connectivity index (χ1n) is 3.72. The fraction of sp³-hybridized carbons (Fsp3) is 1.00. The second kappa shape index (κ2) is 3.32. The molecule has 1 aliphatic heterocycles. The summed E-state index contributed by atoms with van der Waals surface area (Å²) < 4.78 is 5.21. The number of rotatable bonds is 3. The number of aliphatic hydroxyl groups excluding tert-OH is 1. The van der Waals surface area contributed by atoms with Crippen molar-refractivity contribution >= 4 is 0 Å². The van der Waals surface area contributed by atoms with Gasteiger partial charge in [-0.15, -0.1) is 0 Å². The summed E-state index contributed by atoms with van der Waals surface area (Å²) in [5.74, 6) is 0. The molecular weight excluding hydrogens is 130 g/mol. The van der Waals surface area contributed by atoms with E-state index in [9.17, 15) is 0 Å². The highest BCUT2D eigenvalue weighted by Gasteiger charge is 2.32. The van der Waals surface area contributed by atoms with E-state index in [1.807, 2.05) is 0 Å². The predicted molar refractivity (Wildman–Crippen MR) is 38.6 cm³/mol. The van der Waals surface area contributed by atoms with Crippen LogP contribution in [0.25, 0.3) is 0 Å². The predicted octanol–water partition coefficient (Wildman–Crippen LogP) is -0.266. The van der Waals surface area contributed by atoms with Crippen molar-refractivity contribution in [2.45, 2.75) is 12.8 Å². The average Bonchev–Trinajstić information content (AvgIpc) is 2.39. The third-order valence-electron chi connectivity index (χ3n) is 2.26. The van der Waals surface area contributed by atoms with Crippen LogP contribution in [0.5, 0.6) is 0 Å². The lowest BCUT2D eigenvalue weighted by Gasteiger charge is -2.23. The summed E-state index contributed by atoms with van der Waals surface area (Å²) in [5, 5.41) is 8.71. The minimum atomic E-state index is 0.0920. The maximum Gasteiger partial charge on any atom is 0.0536 e. The highest BCUT2D eigenvalue weighted by atomic mass is 16.5. The highest BCUT2D eigenvalue weighted by molar-refractivity contribution is 4.83. The molecule has 1 atom stereocenters. The van der Waals surface area contributed by atoms with E-state index in [0.29, 0.717) is 6.54 Å². The third-order valence-corrected chi connectivity index (χ3v) is 2.26. The Morgan fingerprint density at radius 2 is 2.40 bits per heavy atom. The summed E-state index contributed by atoms with van der Waals surface area (Å²) >= 11 is 0. The lowest BCUT2D eigenvalue weighted by atomic mass is 9.84. The molecule has 0 amide bonds. The molecule has 10 heavy (non-hydrogen) atoms. The minimum absolute atomic E-state index is 0.0920. The molecule has 0 spiro atoms. The SMILES string of the molecule is NC[C@@]1(CCO)CCOC1. The lowest BCUT2D eigenvalue weighted by molar-refractivity contribution is 0.131. The first-order valence-corrected chi connectivity index (χ1v) is 3.72. The van der Waals surface area contributed by atoms with Crippen molar-refractivity contribution in [1.82, 2.24) is 0 Å². The van der Waals surface area contributed by atoms with Crippen LogP contribution in [0.3, 0.4) is 0 Å². The zero-order valence-electron chi connectivity index (χ0n) is 6.18. The number of ether oxygens (including phenoxy) is 1. The third kappa shape index (κ3) is 1.48. The van der Waals surface area contributed by atoms with Crippen LogP contribution in [0, 0.1) is 5.41 Å². The van der Waals surface area contributed by atoms with E-state index in [-0.39, 0.29) is 12.0 Å². The number of aliphatic hydroxyl groups is 1. The second-order valence-electron chi connectivity index (χ2n) is 2.98. The van der Waals surface area contributed by atoms with Crippen molar-refractivity contribution in [3.8, 4) is 0 Å². The molecule has 0 aromatic rings. The molecule has 1 saturated heterocycles. The van der Waals surface area contributed by atoms with Crippen LogP contribution in [0.4, 0.5) is 0 Å². The van der Waals surface area contributed by atoms with Crippen molar-refractivity contribution < 1.29 is 9.84 Å². The van der Waals surface area contributed by atoms with Gasteiger partial charge in [0.25, 0.3) is 0 Å². The van der Waals surface area contributed by atoms with Crippen molar-refractivity contribution in [3.63, 3.8) is 0 Å². The van der Waals surface area contributed by atoms with Crippen molar-refractivity contribution in [2.24, 2.45) is 11.1 Å². The Kier molecular flexibility index (Phi) is 2.65. The molecule has 0 bridgehead atoms. The maximum absolute atomic E-state index is 8.71. The van der Waals surface area contributed by atoms with Crippen LogP contribution < -0.4 is 5.73 Å². The topological polar surface area (TPSA) is 55.5 Å². The van der Waals surface area contributed by atoms with Gasteiger partial charge in [0.05, 0.1) is 6.61 Å². The molecule has 1 rings (SSSR count). The molecule has 0 aromatic heterocycles. The molecular formula is C7H15NO2. The molecule has 1 fully saturated rings. The van der Waals surface area contributed by atoms with E-state index in [4.69, 9.17) is 15.6 Å². The van der Waals surface area contributed by atoms with Crippen LogP contribution in [0.15, 0.2) is 0 Å². The summed E-state index contributed by atoms with van der Waals surface area (Å²) in [5.41, 5.74) is 5.66. The number of nitrogens with two attached hydrogens (primary N) is 1. The van der Waals surface area contributed by atoms with E-state index in [0.717, 1.165) is 26.1 Å². The molecule has 3 nitrogen and oxygen atoms in total. The van der Waals surface area contributed by atoms with Crippen LogP contribution in [-0.2, 0) is 4.74 Å². The number of hydrogen-bond donors (Lipinski definition) is 2. The largest absolute Gasteiger partial charge is 0.396 e. The van der Waals surface area contributed by atoms with E-state index in [1.54, 1.807) is 0 Å². The van der Waals surface area contributed by atoms with E-state index in [2.05, 4.69) is 0 Å². The summed E-state index contributed by atoms with van der Waals surface area (Å²) in [6, 6.07) is 0. The molecule has 3 N–H and O–H groups in total. The monoisotopic (exact) mass is 145 g/mol. The van der Waals surface area contributed by atoms with Gasteiger partial charge in [-0.2, -0.15) is 0 Å². The van der Waals surface area contributed by atoms with Crippen molar-refractivity contribution in [2.75, 3.05) is 26.4 Å². The molecule has 3 heteroatoms. The van der Waals surface area contributed by atoms with Crippen molar-refractivity contribution in [1.29, 1.82) is 0 Å². The Morgan fingerprint density at radius 3 is 2.80 bits per heavy atom. The summed E-state index contributed by atoms with van der Waals surface area (Å²) in [4.78, 5) is 0. The van der Waals surface area contributed by atoms with Crippen molar-refractivity contribution in [3.05, 3.63) is 0 Å². The Balaban J connectivity index is 2.41. The van der Waals surface area contributed by atoms with Gasteiger partial charge in [0.1, 0.15) is 0 Å². The Labute approximate surface area is 61.2 Å². The molecule has 1 heterocycles. The Morgan fingerprint density at radius 1 is 1.60 bits per heavy atom. The lowest BCUT2D eigenvalue weighted by Crippen LogP contribution is -2.31. The normalized spacial score (nSPS) is 33.0. The highest BCUT2D eigenvalue weighted by Crippen LogP contribution is 2.30. The molecule has 1 aliphatic rings. The molecule has 0 radical (unpaired) electrons. The van der Waals surface area contributed by atoms with Gasteiger partial charge < -0.3 is 15.6 Å². The van der Waals surface area contributed by atoms with E-state index < -0.39 is 0 Å². The van der Waals surface area contributed by atoms with Gasteiger partial charge in [0, 0.05) is 25.2 Å². The van der Waals surface area contributed by atoms with Gasteiger partial charge in [-0.25, -0.2) is 0 Å². The van der Waals surface area contributed by atoms with Gasteiger partial charge in [-0.05, 0) is 12.8 Å². The fourth-order valence-electron chi connectivity index (χ4n) is 1.35. The van der Waals surface area contributed by atoms with E-state index in [1.165, 1.54) is 0 Å². The van der Waals surface area contributed by atoms with Gasteiger partial charge in [-0.3, -0.25) is 0 Å². The smallest absolute Gasteiger partial charge is 0.0536 e. The number of hydrogen-bond acceptors (Lipinski definition) is 3. The second-order valence-corrected chi connectivity index (χ2v) is 2.98. The van der Waals surface area contributed by atoms with Crippen LogP contribution in [-0.4, -0.2) is 31.5 Å². The maximum atomic E-state index is 8.71. The zero-order chi connectivity index (χ0) is 7.45. The van der Waals surface area contributed by atoms with Gasteiger partial charge in [-0.1, -0.05) is 0 Å². The Hall–Kier alpha value is -0.120. The Bertz CT molecular complexity index is 99.8. The molecule has 0 aromatic carbocycles. The minimum Gasteiger partial charge on any atom is -0.396 e. The van der Waals surface area contributed by atoms with Crippen LogP contribution in [0.1, 0.15) is 12.8 Å². The standard InChI is InChI=1S/C7H15NO2/c8-5-7(1-3-9)2-4-10-6-7/h9H,1-6,8H2/t7-/m1/s1. The summed E-state index contributed by atoms with van der Waals surface area (Å²) in [6.45, 7) is 2.38. The van der Waals surface area contributed by atoms with Gasteiger partial charge in [0.15, 0.2) is 0 Å². The van der Waals surface area contributed by atoms with E-state index >= 15 is 0 Å². The van der Waals surface area contributed by atoms with Crippen LogP contribution >= 0.6 is 0 Å². The summed E-state index contributed by atoms with van der Waals surface area (Å²) in [6.07, 6.45) is 1.79. The average molecular weight is 145 g/mol. The first-order chi connectivity index (χ1) is 4.83. The fourth-order valence-corrected chi connectivity index (χ4v) is 1.35. The quantitative estimate of drug-likeness (QED) is 0.575. The molecule has 0 aliphatic carbocycles. The first kappa shape index (κ1) is 7.98. The molecule has 0 unspecified atom stereocenters. The summed E-state index contributed by atoms with van der Waals surface area (Å²) in [7, 11) is 0. The zero-order valence-corrected chi connectivity index (χ0v) is 6.18. The molecule has 0 saturated carbocycles.